The topological polar surface area (TPSA) is 94.8 Å². The van der Waals surface area contributed by atoms with Crippen molar-refractivity contribution in [1.29, 1.82) is 0 Å². The van der Waals surface area contributed by atoms with Gasteiger partial charge in [0.15, 0.2) is 0 Å². The third-order valence-electron chi connectivity index (χ3n) is 2.41. The minimum atomic E-state index is -4.67. The van der Waals surface area contributed by atoms with Gasteiger partial charge in [-0.05, 0) is 18.8 Å². The summed E-state index contributed by atoms with van der Waals surface area (Å²) in [6.45, 7) is 4.90. The third-order valence-corrected chi connectivity index (χ3v) is 2.41. The average Bonchev–Trinajstić information content (AvgIpc) is 2.19. The van der Waals surface area contributed by atoms with E-state index in [0.717, 1.165) is 12.3 Å². The van der Waals surface area contributed by atoms with Gasteiger partial charge in [-0.15, -0.1) is 0 Å². The van der Waals surface area contributed by atoms with Crippen molar-refractivity contribution in [2.24, 2.45) is 5.92 Å². The summed E-state index contributed by atoms with van der Waals surface area (Å²) >= 11 is 0. The molecule has 0 spiro atoms. The van der Waals surface area contributed by atoms with Gasteiger partial charge in [0, 0.05) is 6.61 Å². The zero-order valence-electron chi connectivity index (χ0n) is 12.8. The maximum absolute atomic E-state index is 8.74. The van der Waals surface area contributed by atoms with E-state index in [4.69, 9.17) is 22.6 Å². The molecule has 0 amide bonds. The summed E-state index contributed by atoms with van der Waals surface area (Å²) in [5.41, 5.74) is 0. The number of hydrogen-bond donors (Lipinski definition) is 3. The van der Waals surface area contributed by atoms with Gasteiger partial charge >= 0.3 is 40.0 Å². The molecular weight excluding hydrogens is 267 g/mol. The summed E-state index contributed by atoms with van der Waals surface area (Å²) in [4.78, 5) is 0. The van der Waals surface area contributed by atoms with Crippen LogP contribution in [0.1, 0.15) is 60.2 Å². The molecule has 0 heterocycles. The molecule has 7 heteroatoms. The van der Waals surface area contributed by atoms with Gasteiger partial charge in [-0.2, -0.15) is 8.42 Å². The summed E-state index contributed by atoms with van der Waals surface area (Å²) < 4.78 is 31.6. The molecule has 108 valence electrons. The predicted octanol–water partition coefficient (Wildman–Crippen LogP) is -0.171. The Morgan fingerprint density at radius 1 is 1.06 bits per heavy atom. The molecule has 0 aromatic rings. The Morgan fingerprint density at radius 2 is 1.50 bits per heavy atom. The first kappa shape index (κ1) is 23.9. The van der Waals surface area contributed by atoms with E-state index in [1.165, 1.54) is 38.5 Å². The molecule has 0 bridgehead atoms. The molecule has 0 aliphatic heterocycles. The molecule has 5 nitrogen and oxygen atoms in total. The van der Waals surface area contributed by atoms with Crippen LogP contribution in [0.5, 0.6) is 0 Å². The van der Waals surface area contributed by atoms with Crippen LogP contribution in [-0.4, -0.2) is 29.2 Å². The van der Waals surface area contributed by atoms with Crippen molar-refractivity contribution in [3.8, 4) is 0 Å². The Morgan fingerprint density at radius 3 is 1.89 bits per heavy atom. The van der Waals surface area contributed by atoms with E-state index in [9.17, 15) is 0 Å². The van der Waals surface area contributed by atoms with E-state index >= 15 is 0 Å². The first-order chi connectivity index (χ1) is 7.81. The van der Waals surface area contributed by atoms with Crippen LogP contribution in [0.25, 0.3) is 0 Å². The molecule has 0 fully saturated rings. The molecule has 0 aliphatic rings. The fourth-order valence-corrected chi connectivity index (χ4v) is 1.50. The van der Waals surface area contributed by atoms with Gasteiger partial charge in [0.25, 0.3) is 0 Å². The van der Waals surface area contributed by atoms with Crippen LogP contribution in [-0.2, 0) is 10.4 Å². The number of hydrogen-bond acceptors (Lipinski definition) is 3. The van der Waals surface area contributed by atoms with Crippen molar-refractivity contribution >= 4 is 10.4 Å². The molecule has 0 saturated heterocycles. The predicted molar refractivity (Wildman–Crippen MR) is 69.5 cm³/mol. The number of aliphatic hydroxyl groups is 1. The second kappa shape index (κ2) is 15.9. The van der Waals surface area contributed by atoms with Crippen LogP contribution in [0.15, 0.2) is 0 Å². The van der Waals surface area contributed by atoms with Gasteiger partial charge in [-0.3, -0.25) is 9.11 Å². The largest absolute Gasteiger partial charge is 1.00 e. The molecule has 0 aliphatic carbocycles. The Balaban J connectivity index is -0.000000139. The monoisotopic (exact) mass is 294 g/mol. The van der Waals surface area contributed by atoms with E-state index in [2.05, 4.69) is 13.8 Å². The summed E-state index contributed by atoms with van der Waals surface area (Å²) in [6, 6.07) is 0. The summed E-state index contributed by atoms with van der Waals surface area (Å²) in [7, 11) is -4.67. The second-order valence-electron chi connectivity index (χ2n) is 4.27. The van der Waals surface area contributed by atoms with Crippen molar-refractivity contribution in [2.75, 3.05) is 6.61 Å². The minimum Gasteiger partial charge on any atom is -1.00 e. The van der Waals surface area contributed by atoms with Crippen molar-refractivity contribution in [3.05, 3.63) is 0 Å². The number of rotatable bonds is 8. The summed E-state index contributed by atoms with van der Waals surface area (Å²) in [6.07, 6.45) is 9.00. The number of aliphatic hydroxyl groups excluding tert-OH is 1. The van der Waals surface area contributed by atoms with Crippen LogP contribution in [0.3, 0.4) is 0 Å². The van der Waals surface area contributed by atoms with Gasteiger partial charge in [0.1, 0.15) is 0 Å². The van der Waals surface area contributed by atoms with Gasteiger partial charge < -0.3 is 6.53 Å². The minimum absolute atomic E-state index is 0. The molecule has 0 aromatic heterocycles. The third kappa shape index (κ3) is 36.0. The Kier molecular flexibility index (Phi) is 21.1. The normalized spacial score (nSPS) is 12.1. The fraction of sp³-hybridized carbons (Fsp3) is 1.00. The smallest absolute Gasteiger partial charge is 1.00 e. The van der Waals surface area contributed by atoms with Crippen LogP contribution < -0.4 is 29.6 Å². The molecule has 3 N–H and O–H groups in total. The molecular formula is C11H27NaO5S. The first-order valence-electron chi connectivity index (χ1n) is 6.12. The van der Waals surface area contributed by atoms with Gasteiger partial charge in [0.2, 0.25) is 0 Å². The fourth-order valence-electron chi connectivity index (χ4n) is 1.50. The molecule has 0 rings (SSSR count). The molecule has 1 atom stereocenters. The zero-order valence-corrected chi connectivity index (χ0v) is 14.6. The molecule has 0 radical (unpaired) electrons. The van der Waals surface area contributed by atoms with Crippen LogP contribution in [0, 0.1) is 5.92 Å². The van der Waals surface area contributed by atoms with Crippen LogP contribution >= 0.6 is 0 Å². The molecule has 0 aromatic carbocycles. The van der Waals surface area contributed by atoms with E-state index < -0.39 is 10.4 Å². The first-order valence-corrected chi connectivity index (χ1v) is 7.51. The van der Waals surface area contributed by atoms with E-state index in [0.29, 0.717) is 6.61 Å². The maximum atomic E-state index is 8.74. The Labute approximate surface area is 135 Å². The number of unbranched alkanes of at least 4 members (excludes halogenated alkanes) is 3. The van der Waals surface area contributed by atoms with Gasteiger partial charge in [-0.25, -0.2) is 0 Å². The summed E-state index contributed by atoms with van der Waals surface area (Å²) in [5.74, 6) is 0.814. The SMILES string of the molecule is CCCCCCC(C)CCCO.O=S(=O)(O)O.[H-].[Na+]. The maximum Gasteiger partial charge on any atom is 1.00 e. The van der Waals surface area contributed by atoms with Crippen LogP contribution in [0.4, 0.5) is 0 Å². The van der Waals surface area contributed by atoms with Gasteiger partial charge in [0.05, 0.1) is 0 Å². The Bertz CT molecular complexity index is 241. The van der Waals surface area contributed by atoms with E-state index in [-0.39, 0.29) is 31.0 Å². The average molecular weight is 294 g/mol. The van der Waals surface area contributed by atoms with Crippen molar-refractivity contribution in [3.63, 3.8) is 0 Å². The zero-order chi connectivity index (χ0) is 13.7. The molecule has 18 heavy (non-hydrogen) atoms. The van der Waals surface area contributed by atoms with E-state index in [1.54, 1.807) is 0 Å². The standard InChI is InChI=1S/C11H24O.Na.H2O4S.H/c1-3-4-5-6-8-11(2)9-7-10-12;;1-5(2,3)4;/h11-12H,3-10H2,1-2H3;;(H2,1,2,3,4);/q;+1;;-1. The quantitative estimate of drug-likeness (QED) is 0.328. The van der Waals surface area contributed by atoms with Gasteiger partial charge in [-0.1, -0.05) is 46.0 Å². The van der Waals surface area contributed by atoms with E-state index in [1.807, 2.05) is 0 Å². The van der Waals surface area contributed by atoms with Crippen LogP contribution in [0.2, 0.25) is 0 Å². The molecule has 0 saturated carbocycles. The van der Waals surface area contributed by atoms with Crippen molar-refractivity contribution in [1.82, 2.24) is 0 Å². The second-order valence-corrected chi connectivity index (χ2v) is 5.16. The van der Waals surface area contributed by atoms with Crippen molar-refractivity contribution < 1.29 is 53.6 Å². The molecule has 1 unspecified atom stereocenters. The Hall–Kier alpha value is 0.830. The summed E-state index contributed by atoms with van der Waals surface area (Å²) in [5, 5.41) is 8.62. The van der Waals surface area contributed by atoms with Crippen molar-refractivity contribution in [2.45, 2.75) is 58.8 Å².